The van der Waals surface area contributed by atoms with Gasteiger partial charge in [-0.3, -0.25) is 14.2 Å². The lowest BCUT2D eigenvalue weighted by Gasteiger charge is -2.11. The van der Waals surface area contributed by atoms with E-state index in [4.69, 9.17) is 0 Å². The minimum atomic E-state index is -0.143. The Balaban J connectivity index is 1.46. The molecule has 0 saturated heterocycles. The second-order valence-electron chi connectivity index (χ2n) is 6.14. The summed E-state index contributed by atoms with van der Waals surface area (Å²) in [4.78, 5) is 31.5. The molecule has 4 rings (SSSR count). The van der Waals surface area contributed by atoms with Gasteiger partial charge in [0.05, 0.1) is 17.0 Å². The molecule has 29 heavy (non-hydrogen) atoms. The molecule has 1 amide bonds. The van der Waals surface area contributed by atoms with E-state index in [0.29, 0.717) is 15.4 Å². The number of fused-ring (bicyclic) bond motifs is 1. The summed E-state index contributed by atoms with van der Waals surface area (Å²) in [7, 11) is 1.68. The van der Waals surface area contributed by atoms with Gasteiger partial charge in [0.1, 0.15) is 4.70 Å². The van der Waals surface area contributed by atoms with Crippen LogP contribution in [0.15, 0.2) is 85.8 Å². The fourth-order valence-corrected chi connectivity index (χ4v) is 5.19. The van der Waals surface area contributed by atoms with E-state index < -0.39 is 0 Å². The molecular weight excluding hydrogens is 422 g/mol. The third-order valence-corrected chi connectivity index (χ3v) is 7.12. The van der Waals surface area contributed by atoms with Crippen molar-refractivity contribution in [2.45, 2.75) is 14.9 Å². The highest BCUT2D eigenvalue weighted by Gasteiger charge is 2.13. The number of rotatable bonds is 6. The van der Waals surface area contributed by atoms with Gasteiger partial charge in [-0.15, -0.1) is 11.3 Å². The van der Waals surface area contributed by atoms with E-state index >= 15 is 0 Å². The van der Waals surface area contributed by atoms with Gasteiger partial charge in [0.2, 0.25) is 5.91 Å². The van der Waals surface area contributed by atoms with Crippen LogP contribution in [0.3, 0.4) is 0 Å². The summed E-state index contributed by atoms with van der Waals surface area (Å²) in [5, 5.41) is 5.35. The summed E-state index contributed by atoms with van der Waals surface area (Å²) < 4.78 is 2.13. The van der Waals surface area contributed by atoms with E-state index in [2.05, 4.69) is 10.3 Å². The van der Waals surface area contributed by atoms with Gasteiger partial charge in [0.25, 0.3) is 5.56 Å². The zero-order valence-corrected chi connectivity index (χ0v) is 17.9. The van der Waals surface area contributed by atoms with E-state index in [1.54, 1.807) is 18.8 Å². The number of carbonyl (C=O) groups is 1. The Labute approximate surface area is 180 Å². The summed E-state index contributed by atoms with van der Waals surface area (Å²) in [6.45, 7) is 0. The van der Waals surface area contributed by atoms with Crippen LogP contribution in [-0.2, 0) is 11.8 Å². The molecule has 0 aliphatic carbocycles. The number of hydrogen-bond donors (Lipinski definition) is 1. The van der Waals surface area contributed by atoms with Gasteiger partial charge in [-0.2, -0.15) is 0 Å². The van der Waals surface area contributed by atoms with Crippen LogP contribution in [0.5, 0.6) is 0 Å². The van der Waals surface area contributed by atoms with Gasteiger partial charge in [-0.05, 0) is 35.7 Å². The van der Waals surface area contributed by atoms with Gasteiger partial charge >= 0.3 is 0 Å². The van der Waals surface area contributed by atoms with Gasteiger partial charge in [0.15, 0.2) is 5.16 Å². The van der Waals surface area contributed by atoms with Crippen molar-refractivity contribution in [1.29, 1.82) is 0 Å². The molecule has 0 bridgehead atoms. The topological polar surface area (TPSA) is 64.0 Å². The Morgan fingerprint density at radius 2 is 1.86 bits per heavy atom. The molecule has 4 aromatic rings. The quantitative estimate of drug-likeness (QED) is 0.343. The maximum absolute atomic E-state index is 12.5. The highest BCUT2D eigenvalue weighted by Crippen LogP contribution is 2.33. The lowest BCUT2D eigenvalue weighted by Crippen LogP contribution is -2.20. The molecule has 8 heteroatoms. The van der Waals surface area contributed by atoms with E-state index in [0.717, 1.165) is 15.5 Å². The third-order valence-electron chi connectivity index (χ3n) is 4.11. The Morgan fingerprint density at radius 1 is 1.10 bits per heavy atom. The summed E-state index contributed by atoms with van der Waals surface area (Å²) in [6.07, 6.45) is 0. The minimum Gasteiger partial charge on any atom is -0.324 e. The standard InChI is InChI=1S/C21H17N3O2S3/c1-24-20(26)19-16(11-12-27-19)23-21(24)28-13-18(25)22-15-9-5-6-10-17(15)29-14-7-3-2-4-8-14/h2-12H,13H2,1H3,(H,22,25). The van der Waals surface area contributed by atoms with Crippen LogP contribution in [0, 0.1) is 0 Å². The summed E-state index contributed by atoms with van der Waals surface area (Å²) in [5.74, 6) is 0.0241. The average molecular weight is 440 g/mol. The molecule has 1 N–H and O–H groups in total. The normalized spacial score (nSPS) is 10.9. The Morgan fingerprint density at radius 3 is 2.69 bits per heavy atom. The molecular formula is C21H17N3O2S3. The first-order chi connectivity index (χ1) is 14.1. The number of hydrogen-bond acceptors (Lipinski definition) is 6. The fraction of sp³-hybridized carbons (Fsp3) is 0.0952. The van der Waals surface area contributed by atoms with E-state index in [1.165, 1.54) is 27.7 Å². The van der Waals surface area contributed by atoms with E-state index in [-0.39, 0.29) is 17.2 Å². The van der Waals surface area contributed by atoms with Crippen molar-refractivity contribution >= 4 is 56.7 Å². The molecule has 0 aliphatic heterocycles. The Hall–Kier alpha value is -2.55. The van der Waals surface area contributed by atoms with Crippen LogP contribution in [-0.4, -0.2) is 21.2 Å². The van der Waals surface area contributed by atoms with Crippen molar-refractivity contribution in [3.05, 3.63) is 76.4 Å². The maximum atomic E-state index is 12.5. The SMILES string of the molecule is Cn1c(SCC(=O)Nc2ccccc2Sc2ccccc2)nc2ccsc2c1=O. The summed E-state index contributed by atoms with van der Waals surface area (Å²) in [6, 6.07) is 19.6. The number of nitrogens with zero attached hydrogens (tertiary/aromatic N) is 2. The van der Waals surface area contributed by atoms with Gasteiger partial charge in [0, 0.05) is 16.8 Å². The van der Waals surface area contributed by atoms with Crippen LogP contribution in [0.2, 0.25) is 0 Å². The summed E-state index contributed by atoms with van der Waals surface area (Å²) >= 11 is 4.23. The Kier molecular flexibility index (Phi) is 6.03. The van der Waals surface area contributed by atoms with Crippen LogP contribution in [0.25, 0.3) is 10.2 Å². The molecule has 2 heterocycles. The number of para-hydroxylation sites is 1. The Bertz CT molecular complexity index is 1220. The first-order valence-electron chi connectivity index (χ1n) is 8.80. The fourth-order valence-electron chi connectivity index (χ4n) is 2.69. The number of anilines is 1. The lowest BCUT2D eigenvalue weighted by molar-refractivity contribution is -0.113. The monoisotopic (exact) mass is 439 g/mol. The number of carbonyl (C=O) groups excluding carboxylic acids is 1. The molecule has 2 aromatic carbocycles. The van der Waals surface area contributed by atoms with Crippen molar-refractivity contribution in [3.63, 3.8) is 0 Å². The average Bonchev–Trinajstić information content (AvgIpc) is 3.21. The predicted octanol–water partition coefficient (Wildman–Crippen LogP) is 4.88. The van der Waals surface area contributed by atoms with E-state index in [9.17, 15) is 9.59 Å². The largest absolute Gasteiger partial charge is 0.324 e. The number of aromatic nitrogens is 2. The maximum Gasteiger partial charge on any atom is 0.271 e. The number of amides is 1. The second kappa shape index (κ2) is 8.86. The van der Waals surface area contributed by atoms with Gasteiger partial charge in [-0.25, -0.2) is 4.98 Å². The number of nitrogens with one attached hydrogen (secondary N) is 1. The van der Waals surface area contributed by atoms with Crippen LogP contribution >= 0.6 is 34.9 Å². The highest BCUT2D eigenvalue weighted by molar-refractivity contribution is 8.00. The highest BCUT2D eigenvalue weighted by atomic mass is 32.2. The van der Waals surface area contributed by atoms with E-state index in [1.807, 2.05) is 66.0 Å². The molecule has 5 nitrogen and oxygen atoms in total. The first kappa shape index (κ1) is 19.8. The van der Waals surface area contributed by atoms with Crippen molar-refractivity contribution in [1.82, 2.24) is 9.55 Å². The molecule has 0 atom stereocenters. The molecule has 0 saturated carbocycles. The molecule has 0 fully saturated rings. The number of benzene rings is 2. The van der Waals surface area contributed by atoms with Gasteiger partial charge in [-0.1, -0.05) is 53.9 Å². The summed E-state index contributed by atoms with van der Waals surface area (Å²) in [5.41, 5.74) is 1.35. The third kappa shape index (κ3) is 4.55. The van der Waals surface area contributed by atoms with Gasteiger partial charge < -0.3 is 5.32 Å². The van der Waals surface area contributed by atoms with Crippen molar-refractivity contribution < 1.29 is 4.79 Å². The smallest absolute Gasteiger partial charge is 0.271 e. The number of thioether (sulfide) groups is 1. The lowest BCUT2D eigenvalue weighted by atomic mass is 10.3. The predicted molar refractivity (Wildman–Crippen MR) is 121 cm³/mol. The molecule has 2 aromatic heterocycles. The molecule has 0 radical (unpaired) electrons. The molecule has 146 valence electrons. The molecule has 0 aliphatic rings. The van der Waals surface area contributed by atoms with Crippen LogP contribution in [0.4, 0.5) is 5.69 Å². The van der Waals surface area contributed by atoms with Crippen molar-refractivity contribution in [3.8, 4) is 0 Å². The zero-order valence-electron chi connectivity index (χ0n) is 15.5. The van der Waals surface area contributed by atoms with Crippen molar-refractivity contribution in [2.24, 2.45) is 7.05 Å². The molecule has 0 spiro atoms. The van der Waals surface area contributed by atoms with Crippen molar-refractivity contribution in [2.75, 3.05) is 11.1 Å². The first-order valence-corrected chi connectivity index (χ1v) is 11.5. The minimum absolute atomic E-state index is 0.0856. The van der Waals surface area contributed by atoms with Crippen LogP contribution < -0.4 is 10.9 Å². The molecule has 0 unspecified atom stereocenters. The zero-order chi connectivity index (χ0) is 20.2. The van der Waals surface area contributed by atoms with Crippen LogP contribution in [0.1, 0.15) is 0 Å². The second-order valence-corrected chi connectivity index (χ2v) is 9.12. The number of thiophene rings is 1.